The van der Waals surface area contributed by atoms with E-state index in [1.165, 1.54) is 17.8 Å². The summed E-state index contributed by atoms with van der Waals surface area (Å²) < 4.78 is 0. The molecule has 1 aromatic heterocycles. The molecule has 30 heavy (non-hydrogen) atoms. The minimum atomic E-state index is -1.06. The Morgan fingerprint density at radius 1 is 1.07 bits per heavy atom. The summed E-state index contributed by atoms with van der Waals surface area (Å²) in [6.45, 7) is 3.31. The van der Waals surface area contributed by atoms with E-state index < -0.39 is 5.97 Å². The van der Waals surface area contributed by atoms with Gasteiger partial charge < -0.3 is 15.3 Å². The summed E-state index contributed by atoms with van der Waals surface area (Å²) in [5.74, 6) is -0.568. The lowest BCUT2D eigenvalue weighted by Gasteiger charge is -2.20. The fourth-order valence-corrected chi connectivity index (χ4v) is 3.91. The highest BCUT2D eigenvalue weighted by molar-refractivity contribution is 6.06. The van der Waals surface area contributed by atoms with Gasteiger partial charge in [0.1, 0.15) is 11.4 Å². The number of carboxylic acids is 1. The number of aromatic nitrogens is 1. The Bertz CT molecular complexity index is 1080. The van der Waals surface area contributed by atoms with Gasteiger partial charge in [0.2, 0.25) is 0 Å². The van der Waals surface area contributed by atoms with Gasteiger partial charge in [-0.05, 0) is 36.6 Å². The van der Waals surface area contributed by atoms with Gasteiger partial charge in [-0.15, -0.1) is 0 Å². The molecule has 1 atom stereocenters. The fraction of sp³-hybridized carbons (Fsp3) is 0.208. The van der Waals surface area contributed by atoms with Gasteiger partial charge in [0, 0.05) is 24.6 Å². The Balaban J connectivity index is 1.55. The SMILES string of the molecule is Cc1ccccc1C(=O)Nc1cnc(N2CCC(c3ccccc3)C2)c(C(=O)O)c1. The Kier molecular flexibility index (Phi) is 5.48. The zero-order valence-corrected chi connectivity index (χ0v) is 16.7. The second kappa shape index (κ2) is 8.37. The van der Waals surface area contributed by atoms with Gasteiger partial charge in [0.05, 0.1) is 11.9 Å². The molecule has 0 saturated carbocycles. The molecule has 6 heteroatoms. The number of nitrogens with zero attached hydrogens (tertiary/aromatic N) is 2. The largest absolute Gasteiger partial charge is 0.478 e. The van der Waals surface area contributed by atoms with Crippen LogP contribution in [0.15, 0.2) is 66.9 Å². The Labute approximate surface area is 175 Å². The van der Waals surface area contributed by atoms with Crippen molar-refractivity contribution in [2.24, 2.45) is 0 Å². The van der Waals surface area contributed by atoms with Gasteiger partial charge in [0.15, 0.2) is 0 Å². The van der Waals surface area contributed by atoms with Crippen molar-refractivity contribution in [3.8, 4) is 0 Å². The number of carboxylic acid groups (broad SMARTS) is 1. The minimum absolute atomic E-state index is 0.0892. The number of rotatable bonds is 5. The maximum absolute atomic E-state index is 12.6. The second-order valence-corrected chi connectivity index (χ2v) is 7.51. The first-order chi connectivity index (χ1) is 14.5. The lowest BCUT2D eigenvalue weighted by Crippen LogP contribution is -2.23. The molecule has 0 bridgehead atoms. The maximum atomic E-state index is 12.6. The van der Waals surface area contributed by atoms with Gasteiger partial charge in [-0.25, -0.2) is 9.78 Å². The molecule has 2 N–H and O–H groups in total. The number of carbonyl (C=O) groups is 2. The summed E-state index contributed by atoms with van der Waals surface area (Å²) in [5, 5.41) is 12.5. The summed E-state index contributed by atoms with van der Waals surface area (Å²) in [4.78, 5) is 30.9. The van der Waals surface area contributed by atoms with Gasteiger partial charge >= 0.3 is 5.97 Å². The molecule has 4 rings (SSSR count). The van der Waals surface area contributed by atoms with Crippen molar-refractivity contribution < 1.29 is 14.7 Å². The smallest absolute Gasteiger partial charge is 0.339 e. The van der Waals surface area contributed by atoms with E-state index in [0.717, 1.165) is 18.5 Å². The van der Waals surface area contributed by atoms with E-state index in [4.69, 9.17) is 0 Å². The Morgan fingerprint density at radius 2 is 1.80 bits per heavy atom. The van der Waals surface area contributed by atoms with Gasteiger partial charge in [-0.2, -0.15) is 0 Å². The zero-order chi connectivity index (χ0) is 21.1. The standard InChI is InChI=1S/C24H23N3O3/c1-16-7-5-6-10-20(16)23(28)26-19-13-21(24(29)30)22(25-14-19)27-12-11-18(15-27)17-8-3-2-4-9-17/h2-10,13-14,18H,11-12,15H2,1H3,(H,26,28)(H,29,30). The predicted octanol–water partition coefficient (Wildman–Crippen LogP) is 4.33. The van der Waals surface area contributed by atoms with Crippen LogP contribution in [-0.4, -0.2) is 35.1 Å². The van der Waals surface area contributed by atoms with Crippen LogP contribution in [0.1, 0.15) is 44.2 Å². The third kappa shape index (κ3) is 4.03. The molecule has 2 aromatic carbocycles. The van der Waals surface area contributed by atoms with Gasteiger partial charge in [-0.1, -0.05) is 48.5 Å². The lowest BCUT2D eigenvalue weighted by atomic mass is 9.99. The molecule has 0 radical (unpaired) electrons. The Morgan fingerprint density at radius 3 is 2.53 bits per heavy atom. The molecule has 1 fully saturated rings. The van der Waals surface area contributed by atoms with Crippen molar-refractivity contribution in [2.45, 2.75) is 19.3 Å². The van der Waals surface area contributed by atoms with E-state index in [1.54, 1.807) is 12.1 Å². The van der Waals surface area contributed by atoms with Crippen molar-refractivity contribution in [2.75, 3.05) is 23.3 Å². The van der Waals surface area contributed by atoms with Crippen LogP contribution in [0.2, 0.25) is 0 Å². The molecule has 2 heterocycles. The van der Waals surface area contributed by atoms with Crippen molar-refractivity contribution in [3.05, 3.63) is 89.1 Å². The number of benzene rings is 2. The number of aryl methyl sites for hydroxylation is 1. The average Bonchev–Trinajstić information content (AvgIpc) is 3.24. The topological polar surface area (TPSA) is 82.5 Å². The van der Waals surface area contributed by atoms with Crippen LogP contribution in [0.25, 0.3) is 0 Å². The van der Waals surface area contributed by atoms with Crippen LogP contribution < -0.4 is 10.2 Å². The van der Waals surface area contributed by atoms with Gasteiger partial charge in [-0.3, -0.25) is 4.79 Å². The van der Waals surface area contributed by atoms with E-state index in [9.17, 15) is 14.7 Å². The van der Waals surface area contributed by atoms with E-state index in [2.05, 4.69) is 22.4 Å². The van der Waals surface area contributed by atoms with Crippen molar-refractivity contribution in [1.82, 2.24) is 4.98 Å². The number of nitrogens with one attached hydrogen (secondary N) is 1. The quantitative estimate of drug-likeness (QED) is 0.665. The van der Waals surface area contributed by atoms with E-state index in [-0.39, 0.29) is 11.5 Å². The van der Waals surface area contributed by atoms with E-state index >= 15 is 0 Å². The molecule has 3 aromatic rings. The number of anilines is 2. The number of amides is 1. The van der Waals surface area contributed by atoms with Crippen LogP contribution in [0.5, 0.6) is 0 Å². The number of hydrogen-bond acceptors (Lipinski definition) is 4. The first-order valence-corrected chi connectivity index (χ1v) is 9.93. The summed E-state index contributed by atoms with van der Waals surface area (Å²) in [5.41, 5.74) is 3.10. The fourth-order valence-electron chi connectivity index (χ4n) is 3.91. The number of aromatic carboxylic acids is 1. The highest BCUT2D eigenvalue weighted by Crippen LogP contribution is 2.32. The van der Waals surface area contributed by atoms with Crippen LogP contribution in [0, 0.1) is 6.92 Å². The monoisotopic (exact) mass is 401 g/mol. The van der Waals surface area contributed by atoms with Crippen molar-refractivity contribution >= 4 is 23.4 Å². The molecule has 1 aliphatic rings. The van der Waals surface area contributed by atoms with Crippen molar-refractivity contribution in [3.63, 3.8) is 0 Å². The second-order valence-electron chi connectivity index (χ2n) is 7.51. The molecule has 1 unspecified atom stereocenters. The summed E-state index contributed by atoms with van der Waals surface area (Å²) in [6.07, 6.45) is 2.46. The number of pyridine rings is 1. The molecule has 1 saturated heterocycles. The zero-order valence-electron chi connectivity index (χ0n) is 16.7. The third-order valence-corrected chi connectivity index (χ3v) is 5.50. The average molecular weight is 401 g/mol. The predicted molar refractivity (Wildman–Crippen MR) is 116 cm³/mol. The normalized spacial score (nSPS) is 15.8. The summed E-state index contributed by atoms with van der Waals surface area (Å²) in [6, 6.07) is 19.0. The maximum Gasteiger partial charge on any atom is 0.339 e. The summed E-state index contributed by atoms with van der Waals surface area (Å²) >= 11 is 0. The lowest BCUT2D eigenvalue weighted by molar-refractivity contribution is 0.0697. The first kappa shape index (κ1) is 19.6. The number of carbonyl (C=O) groups excluding carboxylic acids is 1. The Hall–Kier alpha value is -3.67. The molecular weight excluding hydrogens is 378 g/mol. The van der Waals surface area contributed by atoms with Gasteiger partial charge in [0.25, 0.3) is 5.91 Å². The van der Waals surface area contributed by atoms with Crippen LogP contribution in [-0.2, 0) is 0 Å². The van der Waals surface area contributed by atoms with Crippen LogP contribution >= 0.6 is 0 Å². The molecular formula is C24H23N3O3. The van der Waals surface area contributed by atoms with E-state index in [0.29, 0.717) is 29.5 Å². The van der Waals surface area contributed by atoms with E-state index in [1.807, 2.05) is 42.2 Å². The molecule has 1 amide bonds. The molecule has 0 aliphatic carbocycles. The van der Waals surface area contributed by atoms with Crippen molar-refractivity contribution in [1.29, 1.82) is 0 Å². The van der Waals surface area contributed by atoms with Crippen LogP contribution in [0.4, 0.5) is 11.5 Å². The summed E-state index contributed by atoms with van der Waals surface area (Å²) in [7, 11) is 0. The number of hydrogen-bond donors (Lipinski definition) is 2. The highest BCUT2D eigenvalue weighted by atomic mass is 16.4. The first-order valence-electron chi connectivity index (χ1n) is 9.93. The molecule has 6 nitrogen and oxygen atoms in total. The molecule has 1 aliphatic heterocycles. The molecule has 0 spiro atoms. The van der Waals surface area contributed by atoms with Crippen LogP contribution in [0.3, 0.4) is 0 Å². The third-order valence-electron chi connectivity index (χ3n) is 5.50. The highest BCUT2D eigenvalue weighted by Gasteiger charge is 2.28. The molecule has 152 valence electrons. The minimum Gasteiger partial charge on any atom is -0.478 e.